The minimum atomic E-state index is -0.276. The number of amides is 1. The first kappa shape index (κ1) is 24.8. The lowest BCUT2D eigenvalue weighted by Gasteiger charge is -2.39. The number of nitrogens with zero attached hydrogens (tertiary/aromatic N) is 2. The Hall–Kier alpha value is -3.47. The summed E-state index contributed by atoms with van der Waals surface area (Å²) in [6.07, 6.45) is 2.44. The molecule has 1 amide bonds. The minimum absolute atomic E-state index is 0.00431. The highest BCUT2D eigenvalue weighted by atomic mass is 35.5. The van der Waals surface area contributed by atoms with Gasteiger partial charge in [-0.3, -0.25) is 9.69 Å². The Balaban J connectivity index is 1.32. The van der Waals surface area contributed by atoms with Crippen LogP contribution in [0.5, 0.6) is 0 Å². The summed E-state index contributed by atoms with van der Waals surface area (Å²) in [5.74, 6) is -0.260. The summed E-state index contributed by atoms with van der Waals surface area (Å²) < 4.78 is 14.8. The summed E-state index contributed by atoms with van der Waals surface area (Å²) in [4.78, 5) is 18.3. The van der Waals surface area contributed by atoms with Gasteiger partial charge >= 0.3 is 0 Å². The molecule has 1 aliphatic heterocycles. The second-order valence-electron chi connectivity index (χ2n) is 10.3. The Morgan fingerprint density at radius 3 is 2.13 bits per heavy atom. The molecule has 0 aromatic heterocycles. The zero-order valence-electron chi connectivity index (χ0n) is 21.2. The maximum atomic E-state index is 14.8. The first-order valence-electron chi connectivity index (χ1n) is 13.2. The van der Waals surface area contributed by atoms with Gasteiger partial charge in [0, 0.05) is 29.7 Å². The third kappa shape index (κ3) is 4.87. The lowest BCUT2D eigenvalue weighted by Crippen LogP contribution is -2.48. The minimum Gasteiger partial charge on any atom is -0.333 e. The van der Waals surface area contributed by atoms with Crippen molar-refractivity contribution in [1.29, 1.82) is 0 Å². The van der Waals surface area contributed by atoms with Gasteiger partial charge in [-0.05, 0) is 59.2 Å². The average molecular weight is 525 g/mol. The van der Waals surface area contributed by atoms with Crippen LogP contribution in [-0.2, 0) is 30.6 Å². The Kier molecular flexibility index (Phi) is 7.01. The summed E-state index contributed by atoms with van der Waals surface area (Å²) in [7, 11) is 0. The van der Waals surface area contributed by atoms with Crippen LogP contribution in [0.15, 0.2) is 97.1 Å². The molecule has 38 heavy (non-hydrogen) atoms. The van der Waals surface area contributed by atoms with Gasteiger partial charge in [-0.15, -0.1) is 0 Å². The van der Waals surface area contributed by atoms with Crippen molar-refractivity contribution in [3.63, 3.8) is 0 Å². The lowest BCUT2D eigenvalue weighted by molar-refractivity contribution is -0.136. The van der Waals surface area contributed by atoms with Crippen LogP contribution in [0.25, 0.3) is 0 Å². The highest BCUT2D eigenvalue weighted by molar-refractivity contribution is 6.31. The fourth-order valence-corrected chi connectivity index (χ4v) is 6.34. The molecular formula is C33H30ClFN2O. The number of rotatable bonds is 6. The third-order valence-electron chi connectivity index (χ3n) is 8.01. The van der Waals surface area contributed by atoms with Gasteiger partial charge in [-0.25, -0.2) is 4.39 Å². The van der Waals surface area contributed by atoms with E-state index in [9.17, 15) is 9.18 Å². The van der Waals surface area contributed by atoms with E-state index in [-0.39, 0.29) is 36.9 Å². The molecule has 1 aliphatic carbocycles. The molecular weight excluding hydrogens is 495 g/mol. The zero-order valence-corrected chi connectivity index (χ0v) is 21.9. The van der Waals surface area contributed by atoms with Gasteiger partial charge in [0.25, 0.3) is 0 Å². The Morgan fingerprint density at radius 1 is 0.816 bits per heavy atom. The van der Waals surface area contributed by atoms with Crippen LogP contribution in [0.2, 0.25) is 5.02 Å². The second-order valence-corrected chi connectivity index (χ2v) is 10.7. The van der Waals surface area contributed by atoms with Crippen LogP contribution in [0.3, 0.4) is 0 Å². The number of hydrogen-bond acceptors (Lipinski definition) is 2. The van der Waals surface area contributed by atoms with Crippen molar-refractivity contribution in [3.8, 4) is 0 Å². The van der Waals surface area contributed by atoms with E-state index < -0.39 is 0 Å². The van der Waals surface area contributed by atoms with Gasteiger partial charge in [0.15, 0.2) is 0 Å². The standard InChI is InChI=1S/C33H30ClFN2O/c34-30-15-7-6-14-29(30)33-28-13-5-3-9-23(28)17-18-36(33)22-32(38)37(21-26-12-4-8-16-31(26)35)27-19-24-10-1-2-11-25(24)20-27/h1-16,27,33H,17-22H2. The van der Waals surface area contributed by atoms with Crippen molar-refractivity contribution in [3.05, 3.63) is 141 Å². The smallest absolute Gasteiger partial charge is 0.237 e. The zero-order chi connectivity index (χ0) is 26.1. The molecule has 0 radical (unpaired) electrons. The largest absolute Gasteiger partial charge is 0.333 e. The van der Waals surface area contributed by atoms with Gasteiger partial charge in [-0.1, -0.05) is 96.5 Å². The van der Waals surface area contributed by atoms with E-state index >= 15 is 0 Å². The topological polar surface area (TPSA) is 23.6 Å². The summed E-state index contributed by atoms with van der Waals surface area (Å²) in [6.45, 7) is 1.24. The number of benzene rings is 4. The number of fused-ring (bicyclic) bond motifs is 2. The van der Waals surface area contributed by atoms with Crippen molar-refractivity contribution < 1.29 is 9.18 Å². The van der Waals surface area contributed by atoms with Crippen molar-refractivity contribution in [1.82, 2.24) is 9.80 Å². The van der Waals surface area contributed by atoms with E-state index in [1.165, 1.54) is 28.3 Å². The molecule has 0 N–H and O–H groups in total. The molecule has 3 nitrogen and oxygen atoms in total. The fourth-order valence-electron chi connectivity index (χ4n) is 6.10. The molecule has 0 bridgehead atoms. The summed E-state index contributed by atoms with van der Waals surface area (Å²) >= 11 is 6.70. The molecule has 1 atom stereocenters. The molecule has 1 heterocycles. The molecule has 6 rings (SSSR count). The summed E-state index contributed by atoms with van der Waals surface area (Å²) in [5, 5.41) is 0.695. The molecule has 2 aliphatic rings. The van der Waals surface area contributed by atoms with Crippen molar-refractivity contribution in [2.75, 3.05) is 13.1 Å². The quantitative estimate of drug-likeness (QED) is 0.283. The normalized spacial score (nSPS) is 17.2. The first-order valence-corrected chi connectivity index (χ1v) is 13.6. The second kappa shape index (κ2) is 10.7. The predicted octanol–water partition coefficient (Wildman–Crippen LogP) is 6.62. The third-order valence-corrected chi connectivity index (χ3v) is 8.35. The first-order chi connectivity index (χ1) is 18.6. The van der Waals surface area contributed by atoms with Gasteiger partial charge in [0.1, 0.15) is 5.82 Å². The molecule has 0 saturated heterocycles. The van der Waals surface area contributed by atoms with Crippen LogP contribution in [0, 0.1) is 5.82 Å². The number of hydrogen-bond donors (Lipinski definition) is 0. The van der Waals surface area contributed by atoms with E-state index in [1.54, 1.807) is 12.1 Å². The van der Waals surface area contributed by atoms with E-state index in [0.29, 0.717) is 10.6 Å². The van der Waals surface area contributed by atoms with E-state index in [2.05, 4.69) is 41.3 Å². The highest BCUT2D eigenvalue weighted by Gasteiger charge is 2.35. The SMILES string of the molecule is O=C(CN1CCc2ccccc2C1c1ccccc1Cl)N(Cc1ccccc1F)C1Cc2ccccc2C1. The van der Waals surface area contributed by atoms with Gasteiger partial charge in [0.2, 0.25) is 5.91 Å². The average Bonchev–Trinajstić information content (AvgIpc) is 3.37. The molecule has 192 valence electrons. The lowest BCUT2D eigenvalue weighted by atomic mass is 9.88. The molecule has 0 spiro atoms. The number of halogens is 2. The van der Waals surface area contributed by atoms with Crippen LogP contribution in [0.4, 0.5) is 4.39 Å². The van der Waals surface area contributed by atoms with Crippen LogP contribution >= 0.6 is 11.6 Å². The monoisotopic (exact) mass is 524 g/mol. The van der Waals surface area contributed by atoms with E-state index in [4.69, 9.17) is 11.6 Å². The van der Waals surface area contributed by atoms with Crippen molar-refractivity contribution in [2.45, 2.75) is 37.9 Å². The van der Waals surface area contributed by atoms with Crippen LogP contribution in [0.1, 0.15) is 39.4 Å². The summed E-state index contributed by atoms with van der Waals surface area (Å²) in [6, 6.07) is 31.3. The molecule has 1 unspecified atom stereocenters. The maximum absolute atomic E-state index is 14.8. The van der Waals surface area contributed by atoms with Gasteiger partial charge < -0.3 is 4.90 Å². The summed E-state index contributed by atoms with van der Waals surface area (Å²) in [5.41, 5.74) is 6.56. The van der Waals surface area contributed by atoms with Crippen LogP contribution in [-0.4, -0.2) is 34.8 Å². The Labute approximate surface area is 228 Å². The van der Waals surface area contributed by atoms with Gasteiger partial charge in [0.05, 0.1) is 12.6 Å². The fraction of sp³-hybridized carbons (Fsp3) is 0.242. The van der Waals surface area contributed by atoms with Crippen molar-refractivity contribution >= 4 is 17.5 Å². The molecule has 0 fully saturated rings. The van der Waals surface area contributed by atoms with Gasteiger partial charge in [-0.2, -0.15) is 0 Å². The Bertz CT molecular complexity index is 1450. The predicted molar refractivity (Wildman–Crippen MR) is 150 cm³/mol. The maximum Gasteiger partial charge on any atom is 0.237 e. The van der Waals surface area contributed by atoms with E-state index in [1.807, 2.05) is 47.4 Å². The number of carbonyl (C=O) groups is 1. The molecule has 4 aromatic carbocycles. The van der Waals surface area contributed by atoms with E-state index in [0.717, 1.165) is 31.4 Å². The highest BCUT2D eigenvalue weighted by Crippen LogP contribution is 2.38. The van der Waals surface area contributed by atoms with Crippen LogP contribution < -0.4 is 0 Å². The van der Waals surface area contributed by atoms with Crippen molar-refractivity contribution in [2.24, 2.45) is 0 Å². The molecule has 5 heteroatoms. The Morgan fingerprint density at radius 2 is 1.42 bits per heavy atom. The molecule has 4 aromatic rings. The number of carbonyl (C=O) groups excluding carboxylic acids is 1. The molecule has 0 saturated carbocycles.